The molecule has 2 heterocycles. The number of aryl methyl sites for hydroxylation is 2. The SMILES string of the molecule is Cc1ccc(NC(=O)C(C)Sc2nnc3c(n2)[nH]c2ccccc23)cc1C. The highest BCUT2D eigenvalue weighted by Gasteiger charge is 2.18. The molecule has 0 aliphatic rings. The summed E-state index contributed by atoms with van der Waals surface area (Å²) in [5, 5.41) is 12.5. The summed E-state index contributed by atoms with van der Waals surface area (Å²) in [5.41, 5.74) is 5.52. The molecule has 0 aliphatic heterocycles. The summed E-state index contributed by atoms with van der Waals surface area (Å²) < 4.78 is 0. The lowest BCUT2D eigenvalue weighted by atomic mass is 10.1. The van der Waals surface area contributed by atoms with Crippen LogP contribution < -0.4 is 5.32 Å². The number of fused-ring (bicyclic) bond motifs is 3. The van der Waals surface area contributed by atoms with Gasteiger partial charge in [0.15, 0.2) is 5.65 Å². The number of nitrogens with zero attached hydrogens (tertiary/aromatic N) is 3. The molecule has 0 aliphatic carbocycles. The summed E-state index contributed by atoms with van der Waals surface area (Å²) in [4.78, 5) is 20.3. The molecule has 6 nitrogen and oxygen atoms in total. The summed E-state index contributed by atoms with van der Waals surface area (Å²) >= 11 is 1.29. The number of carbonyl (C=O) groups excluding carboxylic acids is 1. The number of para-hydroxylation sites is 1. The molecule has 27 heavy (non-hydrogen) atoms. The molecule has 7 heteroatoms. The van der Waals surface area contributed by atoms with Gasteiger partial charge in [-0.3, -0.25) is 4.79 Å². The number of aromatic amines is 1. The number of benzene rings is 2. The van der Waals surface area contributed by atoms with Gasteiger partial charge in [0.25, 0.3) is 0 Å². The molecular weight excluding hydrogens is 358 g/mol. The molecular formula is C20H19N5OS. The van der Waals surface area contributed by atoms with Gasteiger partial charge in [-0.05, 0) is 50.1 Å². The first-order valence-corrected chi connectivity index (χ1v) is 9.55. The second-order valence-corrected chi connectivity index (χ2v) is 7.82. The maximum atomic E-state index is 12.5. The highest BCUT2D eigenvalue weighted by Crippen LogP contribution is 2.25. The molecule has 0 saturated carbocycles. The lowest BCUT2D eigenvalue weighted by Gasteiger charge is -2.12. The van der Waals surface area contributed by atoms with Crippen molar-refractivity contribution in [3.05, 3.63) is 53.6 Å². The van der Waals surface area contributed by atoms with Crippen LogP contribution in [0.5, 0.6) is 0 Å². The van der Waals surface area contributed by atoms with Gasteiger partial charge in [0.1, 0.15) is 5.52 Å². The van der Waals surface area contributed by atoms with Gasteiger partial charge in [-0.25, -0.2) is 4.98 Å². The maximum Gasteiger partial charge on any atom is 0.237 e. The Bertz CT molecular complexity index is 1150. The first-order valence-electron chi connectivity index (χ1n) is 8.67. The van der Waals surface area contributed by atoms with E-state index in [1.54, 1.807) is 0 Å². The average Bonchev–Trinajstić information content (AvgIpc) is 3.02. The van der Waals surface area contributed by atoms with Crippen molar-refractivity contribution in [2.75, 3.05) is 5.32 Å². The van der Waals surface area contributed by atoms with Gasteiger partial charge in [-0.15, -0.1) is 10.2 Å². The number of nitrogens with one attached hydrogen (secondary N) is 2. The van der Waals surface area contributed by atoms with Gasteiger partial charge >= 0.3 is 0 Å². The van der Waals surface area contributed by atoms with E-state index in [4.69, 9.17) is 0 Å². The fourth-order valence-corrected chi connectivity index (χ4v) is 3.54. The molecule has 2 aromatic carbocycles. The van der Waals surface area contributed by atoms with Gasteiger partial charge in [0.2, 0.25) is 11.1 Å². The van der Waals surface area contributed by atoms with E-state index in [1.807, 2.05) is 63.2 Å². The van der Waals surface area contributed by atoms with Crippen LogP contribution >= 0.6 is 11.8 Å². The van der Waals surface area contributed by atoms with Crippen LogP contribution in [0.4, 0.5) is 5.69 Å². The van der Waals surface area contributed by atoms with Crippen LogP contribution in [0.1, 0.15) is 18.1 Å². The maximum absolute atomic E-state index is 12.5. The van der Waals surface area contributed by atoms with Crippen molar-refractivity contribution in [3.8, 4) is 0 Å². The number of hydrogen-bond acceptors (Lipinski definition) is 5. The van der Waals surface area contributed by atoms with Crippen LogP contribution in [-0.4, -0.2) is 31.3 Å². The normalized spacial score (nSPS) is 12.4. The van der Waals surface area contributed by atoms with Gasteiger partial charge in [0.05, 0.1) is 5.25 Å². The zero-order valence-corrected chi connectivity index (χ0v) is 16.1. The van der Waals surface area contributed by atoms with Gasteiger partial charge < -0.3 is 10.3 Å². The van der Waals surface area contributed by atoms with Crippen LogP contribution in [0.3, 0.4) is 0 Å². The second kappa shape index (κ2) is 7.00. The second-order valence-electron chi connectivity index (χ2n) is 6.51. The van der Waals surface area contributed by atoms with Crippen LogP contribution in [0.25, 0.3) is 22.1 Å². The largest absolute Gasteiger partial charge is 0.338 e. The molecule has 0 spiro atoms. The van der Waals surface area contributed by atoms with E-state index in [-0.39, 0.29) is 11.2 Å². The van der Waals surface area contributed by atoms with E-state index in [1.165, 1.54) is 17.3 Å². The van der Waals surface area contributed by atoms with Crippen molar-refractivity contribution in [1.82, 2.24) is 20.2 Å². The minimum atomic E-state index is -0.352. The zero-order valence-electron chi connectivity index (χ0n) is 15.3. The quantitative estimate of drug-likeness (QED) is 0.520. The molecule has 2 N–H and O–H groups in total. The number of thioether (sulfide) groups is 1. The molecule has 1 atom stereocenters. The van der Waals surface area contributed by atoms with Gasteiger partial charge in [-0.2, -0.15) is 0 Å². The zero-order chi connectivity index (χ0) is 19.0. The van der Waals surface area contributed by atoms with E-state index in [0.29, 0.717) is 10.8 Å². The lowest BCUT2D eigenvalue weighted by Crippen LogP contribution is -2.22. The monoisotopic (exact) mass is 377 g/mol. The minimum Gasteiger partial charge on any atom is -0.338 e. The highest BCUT2D eigenvalue weighted by atomic mass is 32.2. The predicted octanol–water partition coefficient (Wildman–Crippen LogP) is 4.24. The smallest absolute Gasteiger partial charge is 0.237 e. The van der Waals surface area contributed by atoms with Crippen molar-refractivity contribution in [2.45, 2.75) is 31.2 Å². The van der Waals surface area contributed by atoms with Gasteiger partial charge in [0, 0.05) is 16.6 Å². The Labute approximate surface area is 160 Å². The topological polar surface area (TPSA) is 83.6 Å². The summed E-state index contributed by atoms with van der Waals surface area (Å²) in [6, 6.07) is 13.8. The first-order chi connectivity index (χ1) is 13.0. The molecule has 0 saturated heterocycles. The number of carbonyl (C=O) groups is 1. The molecule has 0 fully saturated rings. The van der Waals surface area contributed by atoms with E-state index < -0.39 is 0 Å². The summed E-state index contributed by atoms with van der Waals surface area (Å²) in [5.74, 6) is -0.0939. The molecule has 4 aromatic rings. The van der Waals surface area contributed by atoms with Crippen LogP contribution in [0, 0.1) is 13.8 Å². The Morgan fingerprint density at radius 3 is 2.74 bits per heavy atom. The number of rotatable bonds is 4. The number of anilines is 1. The minimum absolute atomic E-state index is 0.0939. The van der Waals surface area contributed by atoms with Crippen molar-refractivity contribution < 1.29 is 4.79 Å². The van der Waals surface area contributed by atoms with Crippen molar-refractivity contribution in [2.24, 2.45) is 0 Å². The van der Waals surface area contributed by atoms with E-state index in [9.17, 15) is 4.79 Å². The lowest BCUT2D eigenvalue weighted by molar-refractivity contribution is -0.115. The standard InChI is InChI=1S/C20H19N5OS/c1-11-8-9-14(10-12(11)2)21-19(26)13(3)27-20-23-18-17(24-25-20)15-6-4-5-7-16(15)22-18/h4-10,13H,1-3H3,(H,21,26)(H,22,23,25). The van der Waals surface area contributed by atoms with E-state index >= 15 is 0 Å². The molecule has 0 bridgehead atoms. The Balaban J connectivity index is 1.51. The predicted molar refractivity (Wildman–Crippen MR) is 109 cm³/mol. The Hall–Kier alpha value is -2.93. The Kier molecular flexibility index (Phi) is 4.53. The molecule has 4 rings (SSSR count). The van der Waals surface area contributed by atoms with Crippen molar-refractivity contribution >= 4 is 45.4 Å². The van der Waals surface area contributed by atoms with Gasteiger partial charge in [-0.1, -0.05) is 36.0 Å². The molecule has 136 valence electrons. The number of aromatic nitrogens is 4. The molecule has 2 aromatic heterocycles. The van der Waals surface area contributed by atoms with Crippen LogP contribution in [-0.2, 0) is 4.79 Å². The third-order valence-corrected chi connectivity index (χ3v) is 5.48. The van der Waals surface area contributed by atoms with E-state index in [0.717, 1.165) is 27.7 Å². The molecule has 1 amide bonds. The van der Waals surface area contributed by atoms with Crippen molar-refractivity contribution in [1.29, 1.82) is 0 Å². The first kappa shape index (κ1) is 17.5. The summed E-state index contributed by atoms with van der Waals surface area (Å²) in [7, 11) is 0. The van der Waals surface area contributed by atoms with Crippen LogP contribution in [0.15, 0.2) is 47.6 Å². The summed E-state index contributed by atoms with van der Waals surface area (Å²) in [6.07, 6.45) is 0. The van der Waals surface area contributed by atoms with Crippen molar-refractivity contribution in [3.63, 3.8) is 0 Å². The fraction of sp³-hybridized carbons (Fsp3) is 0.200. The Morgan fingerprint density at radius 1 is 1.11 bits per heavy atom. The third kappa shape index (κ3) is 3.50. The average molecular weight is 377 g/mol. The Morgan fingerprint density at radius 2 is 1.93 bits per heavy atom. The fourth-order valence-electron chi connectivity index (χ4n) is 2.83. The molecule has 1 unspecified atom stereocenters. The highest BCUT2D eigenvalue weighted by molar-refractivity contribution is 8.00. The third-order valence-electron chi connectivity index (χ3n) is 4.53. The number of hydrogen-bond donors (Lipinski definition) is 2. The number of amides is 1. The van der Waals surface area contributed by atoms with E-state index in [2.05, 4.69) is 25.5 Å². The molecule has 0 radical (unpaired) electrons. The summed E-state index contributed by atoms with van der Waals surface area (Å²) in [6.45, 7) is 5.90. The van der Waals surface area contributed by atoms with Crippen LogP contribution in [0.2, 0.25) is 0 Å². The number of H-pyrrole nitrogens is 1.